The SMILES string of the molecule is COc1c(Cl)c(CC(C)O)c(Cl)c(OC)c1OC. The predicted molar refractivity (Wildman–Crippen MR) is 71.5 cm³/mol. The second-order valence-corrected chi connectivity index (χ2v) is 4.52. The third kappa shape index (κ3) is 2.76. The van der Waals surface area contributed by atoms with Crippen molar-refractivity contribution in [3.8, 4) is 17.2 Å². The van der Waals surface area contributed by atoms with Crippen LogP contribution in [0.4, 0.5) is 0 Å². The molecule has 0 saturated heterocycles. The van der Waals surface area contributed by atoms with Crippen LogP contribution in [0.25, 0.3) is 0 Å². The summed E-state index contributed by atoms with van der Waals surface area (Å²) in [5, 5.41) is 10.1. The van der Waals surface area contributed by atoms with Gasteiger partial charge in [0.15, 0.2) is 11.5 Å². The van der Waals surface area contributed by atoms with Crippen molar-refractivity contribution in [3.05, 3.63) is 15.6 Å². The minimum absolute atomic E-state index is 0.300. The van der Waals surface area contributed by atoms with Crippen LogP contribution >= 0.6 is 23.2 Å². The van der Waals surface area contributed by atoms with Crippen molar-refractivity contribution in [1.82, 2.24) is 0 Å². The van der Waals surface area contributed by atoms with E-state index < -0.39 is 6.10 Å². The van der Waals surface area contributed by atoms with E-state index in [0.29, 0.717) is 39.3 Å². The summed E-state index contributed by atoms with van der Waals surface area (Å²) in [7, 11) is 4.42. The van der Waals surface area contributed by atoms with Gasteiger partial charge in [0.1, 0.15) is 0 Å². The van der Waals surface area contributed by atoms with Crippen molar-refractivity contribution >= 4 is 23.2 Å². The maximum Gasteiger partial charge on any atom is 0.206 e. The van der Waals surface area contributed by atoms with E-state index in [1.807, 2.05) is 0 Å². The van der Waals surface area contributed by atoms with E-state index in [4.69, 9.17) is 37.4 Å². The smallest absolute Gasteiger partial charge is 0.206 e. The Balaban J connectivity index is 3.53. The van der Waals surface area contributed by atoms with Crippen LogP contribution in [0.3, 0.4) is 0 Å². The van der Waals surface area contributed by atoms with Gasteiger partial charge in [-0.3, -0.25) is 0 Å². The lowest BCUT2D eigenvalue weighted by molar-refractivity contribution is 0.195. The van der Waals surface area contributed by atoms with Crippen LogP contribution in [-0.4, -0.2) is 32.5 Å². The zero-order valence-corrected chi connectivity index (χ0v) is 12.2. The summed E-state index contributed by atoms with van der Waals surface area (Å²) in [5.41, 5.74) is 0.572. The molecule has 0 radical (unpaired) electrons. The Labute approximate surface area is 116 Å². The fraction of sp³-hybridized carbons (Fsp3) is 0.500. The van der Waals surface area contributed by atoms with Gasteiger partial charge in [-0.15, -0.1) is 0 Å². The Kier molecular flexibility index (Phi) is 5.38. The summed E-state index contributed by atoms with van der Waals surface area (Å²) in [6, 6.07) is 0. The van der Waals surface area contributed by atoms with Crippen molar-refractivity contribution in [3.63, 3.8) is 0 Å². The standard InChI is InChI=1S/C12H16Cl2O4/c1-6(15)5-7-8(13)10(16-2)12(18-4)11(17-3)9(7)14/h6,15H,5H2,1-4H3. The maximum atomic E-state index is 9.48. The van der Waals surface area contributed by atoms with E-state index in [-0.39, 0.29) is 0 Å². The molecule has 0 bridgehead atoms. The molecule has 1 rings (SSSR count). The third-order valence-electron chi connectivity index (χ3n) is 2.45. The summed E-state index contributed by atoms with van der Waals surface area (Å²) in [5.74, 6) is 1.02. The van der Waals surface area contributed by atoms with Crippen LogP contribution in [0.15, 0.2) is 0 Å². The number of aliphatic hydroxyl groups is 1. The maximum absolute atomic E-state index is 9.48. The molecule has 0 fully saturated rings. The zero-order valence-electron chi connectivity index (χ0n) is 10.7. The Morgan fingerprint density at radius 2 is 1.33 bits per heavy atom. The van der Waals surface area contributed by atoms with Gasteiger partial charge < -0.3 is 19.3 Å². The van der Waals surface area contributed by atoms with Crippen LogP contribution < -0.4 is 14.2 Å². The van der Waals surface area contributed by atoms with Crippen molar-refractivity contribution in [2.24, 2.45) is 0 Å². The van der Waals surface area contributed by atoms with E-state index in [9.17, 15) is 5.11 Å². The lowest BCUT2D eigenvalue weighted by Crippen LogP contribution is -2.08. The Bertz CT molecular complexity index is 402. The van der Waals surface area contributed by atoms with Gasteiger partial charge in [-0.2, -0.15) is 0 Å². The first-order valence-corrected chi connectivity index (χ1v) is 6.07. The van der Waals surface area contributed by atoms with Crippen LogP contribution in [0.5, 0.6) is 17.2 Å². The molecule has 0 heterocycles. The monoisotopic (exact) mass is 294 g/mol. The van der Waals surface area contributed by atoms with Gasteiger partial charge >= 0.3 is 0 Å². The molecule has 1 N–H and O–H groups in total. The second kappa shape index (κ2) is 6.36. The van der Waals surface area contributed by atoms with Crippen LogP contribution in [0.1, 0.15) is 12.5 Å². The first-order valence-electron chi connectivity index (χ1n) is 5.31. The minimum Gasteiger partial charge on any atom is -0.491 e. The highest BCUT2D eigenvalue weighted by molar-refractivity contribution is 6.38. The number of benzene rings is 1. The lowest BCUT2D eigenvalue weighted by atomic mass is 10.1. The quantitative estimate of drug-likeness (QED) is 0.907. The highest BCUT2D eigenvalue weighted by atomic mass is 35.5. The molecular formula is C12H16Cl2O4. The highest BCUT2D eigenvalue weighted by Gasteiger charge is 2.25. The Hall–Kier alpha value is -0.840. The molecule has 0 aliphatic carbocycles. The fourth-order valence-electron chi connectivity index (χ4n) is 1.70. The van der Waals surface area contributed by atoms with Crippen molar-refractivity contribution in [1.29, 1.82) is 0 Å². The normalized spacial score (nSPS) is 12.2. The van der Waals surface area contributed by atoms with E-state index in [2.05, 4.69) is 0 Å². The number of hydrogen-bond donors (Lipinski definition) is 1. The van der Waals surface area contributed by atoms with E-state index >= 15 is 0 Å². The number of aliphatic hydroxyl groups excluding tert-OH is 1. The average Bonchev–Trinajstić information content (AvgIpc) is 2.33. The molecular weight excluding hydrogens is 279 g/mol. The summed E-state index contributed by atoms with van der Waals surface area (Å²) < 4.78 is 15.6. The summed E-state index contributed by atoms with van der Waals surface area (Å²) in [6.07, 6.45) is -0.281. The molecule has 102 valence electrons. The molecule has 4 nitrogen and oxygen atoms in total. The third-order valence-corrected chi connectivity index (χ3v) is 3.25. The van der Waals surface area contributed by atoms with E-state index in [0.717, 1.165) is 0 Å². The molecule has 0 amide bonds. The van der Waals surface area contributed by atoms with Gasteiger partial charge in [-0.05, 0) is 12.5 Å². The zero-order chi connectivity index (χ0) is 13.9. The summed E-state index contributed by atoms with van der Waals surface area (Å²) >= 11 is 12.4. The van der Waals surface area contributed by atoms with Gasteiger partial charge in [-0.25, -0.2) is 0 Å². The van der Waals surface area contributed by atoms with Crippen LogP contribution in [-0.2, 0) is 6.42 Å². The van der Waals surface area contributed by atoms with Gasteiger partial charge in [-0.1, -0.05) is 23.2 Å². The molecule has 0 spiro atoms. The molecule has 0 saturated carbocycles. The van der Waals surface area contributed by atoms with Crippen LogP contribution in [0, 0.1) is 0 Å². The van der Waals surface area contributed by atoms with Gasteiger partial charge in [0.05, 0.1) is 37.5 Å². The van der Waals surface area contributed by atoms with E-state index in [1.54, 1.807) is 6.92 Å². The van der Waals surface area contributed by atoms with Crippen LogP contribution in [0.2, 0.25) is 10.0 Å². The topological polar surface area (TPSA) is 47.9 Å². The summed E-state index contributed by atoms with van der Waals surface area (Å²) in [6.45, 7) is 1.65. The summed E-state index contributed by atoms with van der Waals surface area (Å²) in [4.78, 5) is 0. The first-order chi connectivity index (χ1) is 8.47. The molecule has 18 heavy (non-hydrogen) atoms. The van der Waals surface area contributed by atoms with Crippen molar-refractivity contribution < 1.29 is 19.3 Å². The largest absolute Gasteiger partial charge is 0.491 e. The number of hydrogen-bond acceptors (Lipinski definition) is 4. The number of halogens is 2. The molecule has 0 aliphatic heterocycles. The predicted octanol–water partition coefficient (Wildman–Crippen LogP) is 2.94. The lowest BCUT2D eigenvalue weighted by Gasteiger charge is -2.19. The Morgan fingerprint density at radius 3 is 1.61 bits per heavy atom. The number of methoxy groups -OCH3 is 3. The Morgan fingerprint density at radius 1 is 0.944 bits per heavy atom. The van der Waals surface area contributed by atoms with Crippen molar-refractivity contribution in [2.45, 2.75) is 19.4 Å². The molecule has 0 aliphatic rings. The van der Waals surface area contributed by atoms with Gasteiger partial charge in [0.25, 0.3) is 0 Å². The number of ether oxygens (including phenoxy) is 3. The highest BCUT2D eigenvalue weighted by Crippen LogP contribution is 2.50. The second-order valence-electron chi connectivity index (χ2n) is 3.76. The van der Waals surface area contributed by atoms with E-state index in [1.165, 1.54) is 21.3 Å². The average molecular weight is 295 g/mol. The minimum atomic E-state index is -0.581. The molecule has 0 aromatic heterocycles. The van der Waals surface area contributed by atoms with Gasteiger partial charge in [0, 0.05) is 6.42 Å². The first kappa shape index (κ1) is 15.2. The molecule has 1 aromatic carbocycles. The molecule has 1 unspecified atom stereocenters. The van der Waals surface area contributed by atoms with Gasteiger partial charge in [0.2, 0.25) is 5.75 Å². The fourth-order valence-corrected chi connectivity index (χ4v) is 2.42. The molecule has 1 atom stereocenters. The van der Waals surface area contributed by atoms with Crippen molar-refractivity contribution in [2.75, 3.05) is 21.3 Å². The number of rotatable bonds is 5. The molecule has 6 heteroatoms. The molecule has 1 aromatic rings.